The molecular weight excluding hydrogens is 346 g/mol. The number of rotatable bonds is 1. The first kappa shape index (κ1) is 14.0. The maximum absolute atomic E-state index is 8.93. The molecule has 0 aliphatic heterocycles. The van der Waals surface area contributed by atoms with E-state index < -0.39 is 0 Å². The van der Waals surface area contributed by atoms with Crippen molar-refractivity contribution in [3.8, 4) is 17.2 Å². The van der Waals surface area contributed by atoms with E-state index in [4.69, 9.17) is 5.26 Å². The highest BCUT2D eigenvalue weighted by Crippen LogP contribution is 2.45. The van der Waals surface area contributed by atoms with Crippen LogP contribution in [0, 0.1) is 11.3 Å². The molecule has 0 N–H and O–H groups in total. The molecule has 108 valence electrons. The minimum atomic E-state index is 0.683. The third kappa shape index (κ3) is 2.40. The number of nitriles is 1. The van der Waals surface area contributed by atoms with Gasteiger partial charge in [-0.1, -0.05) is 58.4 Å². The Balaban J connectivity index is 1.92. The first-order valence-electron chi connectivity index (χ1n) is 7.38. The van der Waals surface area contributed by atoms with E-state index in [-0.39, 0.29) is 0 Å². The van der Waals surface area contributed by atoms with E-state index >= 15 is 0 Å². The lowest BCUT2D eigenvalue weighted by Crippen LogP contribution is -1.83. The summed E-state index contributed by atoms with van der Waals surface area (Å²) in [5, 5.41) is 8.93. The molecule has 0 aromatic heterocycles. The Kier molecular flexibility index (Phi) is 3.37. The Labute approximate surface area is 143 Å². The van der Waals surface area contributed by atoms with Crippen LogP contribution in [-0.4, -0.2) is 0 Å². The van der Waals surface area contributed by atoms with Crippen LogP contribution in [0.3, 0.4) is 0 Å². The van der Waals surface area contributed by atoms with Crippen LogP contribution in [0.5, 0.6) is 0 Å². The van der Waals surface area contributed by atoms with Crippen molar-refractivity contribution < 1.29 is 0 Å². The van der Waals surface area contributed by atoms with Gasteiger partial charge in [-0.25, -0.2) is 0 Å². The summed E-state index contributed by atoms with van der Waals surface area (Å²) in [5.74, 6) is 0. The number of fused-ring (bicyclic) bond motifs is 3. The normalized spacial score (nSPS) is 13.5. The summed E-state index contributed by atoms with van der Waals surface area (Å²) in [5.41, 5.74) is 8.04. The van der Waals surface area contributed by atoms with E-state index in [1.54, 1.807) is 0 Å². The Morgan fingerprint density at radius 2 is 1.48 bits per heavy atom. The zero-order valence-corrected chi connectivity index (χ0v) is 13.8. The molecule has 0 atom stereocenters. The smallest absolute Gasteiger partial charge is 0.0991 e. The van der Waals surface area contributed by atoms with E-state index in [1.165, 1.54) is 27.8 Å². The predicted molar refractivity (Wildman–Crippen MR) is 97.7 cm³/mol. The second-order valence-corrected chi connectivity index (χ2v) is 6.44. The van der Waals surface area contributed by atoms with Crippen LogP contribution in [0.4, 0.5) is 0 Å². The van der Waals surface area contributed by atoms with Gasteiger partial charge in [0.15, 0.2) is 0 Å². The monoisotopic (exact) mass is 357 g/mol. The summed E-state index contributed by atoms with van der Waals surface area (Å²) < 4.78 is 1.08. The van der Waals surface area contributed by atoms with E-state index in [9.17, 15) is 0 Å². The average molecular weight is 358 g/mol. The first-order valence-corrected chi connectivity index (χ1v) is 8.17. The first-order chi connectivity index (χ1) is 11.3. The molecule has 0 radical (unpaired) electrons. The van der Waals surface area contributed by atoms with Crippen LogP contribution >= 0.6 is 15.9 Å². The van der Waals surface area contributed by atoms with Crippen molar-refractivity contribution in [2.24, 2.45) is 0 Å². The molecule has 1 aliphatic rings. The lowest BCUT2D eigenvalue weighted by molar-refractivity contribution is 1.48. The average Bonchev–Trinajstić information content (AvgIpc) is 2.89. The summed E-state index contributed by atoms with van der Waals surface area (Å²) in [7, 11) is 0. The van der Waals surface area contributed by atoms with Gasteiger partial charge in [-0.3, -0.25) is 0 Å². The highest BCUT2D eigenvalue weighted by Gasteiger charge is 2.22. The minimum absolute atomic E-state index is 0.683. The molecular formula is C21H12BrN. The molecule has 3 aromatic carbocycles. The Hall–Kier alpha value is -2.63. The standard InChI is InChI=1S/C21H12BrN/c22-16-9-10-19-17-3-1-2-4-18(17)20(21(19)12-16)11-14-5-7-15(13-23)8-6-14/h1-12H/b20-11+. The molecule has 3 aromatic rings. The number of benzene rings is 3. The molecule has 1 aliphatic carbocycles. The molecule has 23 heavy (non-hydrogen) atoms. The van der Waals surface area contributed by atoms with Gasteiger partial charge in [0.25, 0.3) is 0 Å². The van der Waals surface area contributed by atoms with Crippen LogP contribution < -0.4 is 0 Å². The van der Waals surface area contributed by atoms with Crippen LogP contribution in [0.2, 0.25) is 0 Å². The molecule has 0 unspecified atom stereocenters. The van der Waals surface area contributed by atoms with Crippen LogP contribution in [0.15, 0.2) is 71.2 Å². The molecule has 0 saturated carbocycles. The number of hydrogen-bond acceptors (Lipinski definition) is 1. The van der Waals surface area contributed by atoms with Gasteiger partial charge in [0.1, 0.15) is 0 Å². The molecule has 4 rings (SSSR count). The predicted octanol–water partition coefficient (Wildman–Crippen LogP) is 5.89. The summed E-state index contributed by atoms with van der Waals surface area (Å²) in [4.78, 5) is 0. The van der Waals surface area contributed by atoms with Gasteiger partial charge in [-0.05, 0) is 63.7 Å². The van der Waals surface area contributed by atoms with Gasteiger partial charge >= 0.3 is 0 Å². The fourth-order valence-corrected chi connectivity index (χ4v) is 3.41. The summed E-state index contributed by atoms with van der Waals surface area (Å²) >= 11 is 3.58. The van der Waals surface area contributed by atoms with E-state index in [0.29, 0.717) is 5.56 Å². The van der Waals surface area contributed by atoms with Crippen molar-refractivity contribution in [3.63, 3.8) is 0 Å². The summed E-state index contributed by atoms with van der Waals surface area (Å²) in [6.07, 6.45) is 2.19. The Bertz CT molecular complexity index is 975. The SMILES string of the molecule is N#Cc1ccc(/C=C2\c3ccccc3-c3ccc(Br)cc32)cc1. The minimum Gasteiger partial charge on any atom is -0.192 e. The zero-order chi connectivity index (χ0) is 15.8. The third-order valence-corrected chi connectivity index (χ3v) is 4.62. The van der Waals surface area contributed by atoms with Gasteiger partial charge < -0.3 is 0 Å². The zero-order valence-electron chi connectivity index (χ0n) is 12.3. The van der Waals surface area contributed by atoms with Crippen molar-refractivity contribution >= 4 is 27.6 Å². The second kappa shape index (κ2) is 5.53. The molecule has 0 bridgehead atoms. The molecule has 0 fully saturated rings. The third-order valence-electron chi connectivity index (χ3n) is 4.13. The highest BCUT2D eigenvalue weighted by atomic mass is 79.9. The molecule has 0 amide bonds. The highest BCUT2D eigenvalue weighted by molar-refractivity contribution is 9.10. The molecule has 0 saturated heterocycles. The largest absolute Gasteiger partial charge is 0.192 e. The lowest BCUT2D eigenvalue weighted by Gasteiger charge is -2.04. The van der Waals surface area contributed by atoms with E-state index in [0.717, 1.165) is 10.0 Å². The van der Waals surface area contributed by atoms with E-state index in [1.807, 2.05) is 24.3 Å². The van der Waals surface area contributed by atoms with Crippen molar-refractivity contribution in [3.05, 3.63) is 93.5 Å². The summed E-state index contributed by atoms with van der Waals surface area (Å²) in [6.45, 7) is 0. The lowest BCUT2D eigenvalue weighted by atomic mass is 10.0. The topological polar surface area (TPSA) is 23.8 Å². The van der Waals surface area contributed by atoms with Gasteiger partial charge in [-0.15, -0.1) is 0 Å². The van der Waals surface area contributed by atoms with Crippen molar-refractivity contribution in [1.82, 2.24) is 0 Å². The maximum atomic E-state index is 8.93. The van der Waals surface area contributed by atoms with Gasteiger partial charge in [0.2, 0.25) is 0 Å². The number of halogens is 1. The van der Waals surface area contributed by atoms with Crippen molar-refractivity contribution in [2.75, 3.05) is 0 Å². The van der Waals surface area contributed by atoms with Crippen LogP contribution in [-0.2, 0) is 0 Å². The van der Waals surface area contributed by atoms with Crippen LogP contribution in [0.25, 0.3) is 22.8 Å². The van der Waals surface area contributed by atoms with Gasteiger partial charge in [-0.2, -0.15) is 5.26 Å². The molecule has 1 nitrogen and oxygen atoms in total. The Morgan fingerprint density at radius 3 is 2.22 bits per heavy atom. The number of hydrogen-bond donors (Lipinski definition) is 0. The Morgan fingerprint density at radius 1 is 0.783 bits per heavy atom. The summed E-state index contributed by atoms with van der Waals surface area (Å²) in [6, 6.07) is 24.8. The van der Waals surface area contributed by atoms with E-state index in [2.05, 4.69) is 70.5 Å². The number of nitrogens with zero attached hydrogens (tertiary/aromatic N) is 1. The van der Waals surface area contributed by atoms with Crippen molar-refractivity contribution in [2.45, 2.75) is 0 Å². The van der Waals surface area contributed by atoms with Gasteiger partial charge in [0, 0.05) is 4.47 Å². The maximum Gasteiger partial charge on any atom is 0.0991 e. The van der Waals surface area contributed by atoms with Crippen molar-refractivity contribution in [1.29, 1.82) is 5.26 Å². The van der Waals surface area contributed by atoms with Crippen LogP contribution in [0.1, 0.15) is 22.3 Å². The molecule has 2 heteroatoms. The fraction of sp³-hybridized carbons (Fsp3) is 0. The quantitative estimate of drug-likeness (QED) is 0.416. The van der Waals surface area contributed by atoms with Gasteiger partial charge in [0.05, 0.1) is 11.6 Å². The molecule has 0 spiro atoms. The molecule has 0 heterocycles. The second-order valence-electron chi connectivity index (χ2n) is 5.53. The fourth-order valence-electron chi connectivity index (χ4n) is 3.05.